The van der Waals surface area contributed by atoms with Crippen LogP contribution in [0.25, 0.3) is 10.8 Å². The highest BCUT2D eigenvalue weighted by atomic mass is 16.2. The van der Waals surface area contributed by atoms with Gasteiger partial charge in [0.15, 0.2) is 0 Å². The molecule has 172 valence electrons. The Morgan fingerprint density at radius 2 is 1.76 bits per heavy atom. The number of urea groups is 1. The van der Waals surface area contributed by atoms with Gasteiger partial charge in [-0.3, -0.25) is 14.5 Å². The van der Waals surface area contributed by atoms with E-state index in [1.54, 1.807) is 0 Å². The molecule has 2 heterocycles. The maximum absolute atomic E-state index is 13.3. The van der Waals surface area contributed by atoms with Crippen LogP contribution < -0.4 is 10.2 Å². The van der Waals surface area contributed by atoms with E-state index in [0.29, 0.717) is 6.42 Å². The average Bonchev–Trinajstić information content (AvgIpc) is 3.43. The van der Waals surface area contributed by atoms with Gasteiger partial charge in [-0.15, -0.1) is 0 Å². The number of hydrogen-bond acceptors (Lipinski definition) is 5. The molecule has 1 saturated heterocycles. The van der Waals surface area contributed by atoms with Gasteiger partial charge in [-0.05, 0) is 28.5 Å². The van der Waals surface area contributed by atoms with Crippen molar-refractivity contribution in [3.05, 3.63) is 77.9 Å². The minimum absolute atomic E-state index is 0.0912. The fourth-order valence-electron chi connectivity index (χ4n) is 4.46. The SMILES string of the molecule is CN(C)c1ccc(C2CC(c3cccc4ccccc34)=NN2C(=O)CN2C(=O)CNC2=O)cc1. The number of hydrogen-bond donors (Lipinski definition) is 1. The highest BCUT2D eigenvalue weighted by Crippen LogP contribution is 2.35. The predicted molar refractivity (Wildman–Crippen MR) is 131 cm³/mol. The predicted octanol–water partition coefficient (Wildman–Crippen LogP) is 3.14. The van der Waals surface area contributed by atoms with E-state index in [1.165, 1.54) is 5.01 Å². The van der Waals surface area contributed by atoms with Gasteiger partial charge in [0.25, 0.3) is 11.8 Å². The normalized spacial score (nSPS) is 17.8. The summed E-state index contributed by atoms with van der Waals surface area (Å²) in [5, 5.41) is 10.8. The van der Waals surface area contributed by atoms with Crippen LogP contribution in [0, 0.1) is 0 Å². The summed E-state index contributed by atoms with van der Waals surface area (Å²) in [5.41, 5.74) is 3.76. The van der Waals surface area contributed by atoms with Gasteiger partial charge in [-0.1, -0.05) is 54.6 Å². The van der Waals surface area contributed by atoms with Crippen molar-refractivity contribution in [1.82, 2.24) is 15.2 Å². The molecule has 2 aliphatic heterocycles. The fraction of sp³-hybridized carbons (Fsp3) is 0.231. The summed E-state index contributed by atoms with van der Waals surface area (Å²) in [6.07, 6.45) is 0.529. The first-order chi connectivity index (χ1) is 16.4. The van der Waals surface area contributed by atoms with Crippen molar-refractivity contribution >= 4 is 40.0 Å². The molecule has 8 heteroatoms. The molecule has 0 aliphatic carbocycles. The number of anilines is 1. The van der Waals surface area contributed by atoms with Gasteiger partial charge in [0.2, 0.25) is 0 Å². The van der Waals surface area contributed by atoms with Crippen molar-refractivity contribution in [2.75, 3.05) is 32.1 Å². The second kappa shape index (κ2) is 8.62. The zero-order valence-electron chi connectivity index (χ0n) is 19.1. The molecule has 1 unspecified atom stereocenters. The number of rotatable bonds is 5. The quantitative estimate of drug-likeness (QED) is 0.599. The van der Waals surface area contributed by atoms with Crippen molar-refractivity contribution in [2.24, 2.45) is 5.10 Å². The summed E-state index contributed by atoms with van der Waals surface area (Å²) in [4.78, 5) is 40.3. The van der Waals surface area contributed by atoms with Crippen LogP contribution in [-0.4, -0.2) is 60.7 Å². The number of hydrazone groups is 1. The van der Waals surface area contributed by atoms with E-state index in [1.807, 2.05) is 85.7 Å². The van der Waals surface area contributed by atoms with E-state index >= 15 is 0 Å². The number of nitrogens with zero attached hydrogens (tertiary/aromatic N) is 4. The molecule has 0 radical (unpaired) electrons. The summed E-state index contributed by atoms with van der Waals surface area (Å²) in [6, 6.07) is 21.2. The number of nitrogens with one attached hydrogen (secondary N) is 1. The molecular weight excluding hydrogens is 430 g/mol. The standard InChI is InChI=1S/C26H25N5O3/c1-29(2)19-12-10-18(11-13-19)23-14-22(21-9-5-7-17-6-3-4-8-20(17)21)28-31(23)25(33)16-30-24(32)15-27-26(30)34/h3-13,23H,14-16H2,1-2H3,(H,27,34). The van der Waals surface area contributed by atoms with E-state index in [4.69, 9.17) is 5.10 Å². The summed E-state index contributed by atoms with van der Waals surface area (Å²) >= 11 is 0. The summed E-state index contributed by atoms with van der Waals surface area (Å²) in [6.45, 7) is -0.435. The van der Waals surface area contributed by atoms with Gasteiger partial charge in [0.1, 0.15) is 6.54 Å². The molecule has 1 atom stereocenters. The summed E-state index contributed by atoms with van der Waals surface area (Å²) < 4.78 is 0. The number of benzene rings is 3. The first-order valence-corrected chi connectivity index (χ1v) is 11.2. The van der Waals surface area contributed by atoms with Crippen molar-refractivity contribution < 1.29 is 14.4 Å². The maximum atomic E-state index is 13.3. The molecule has 8 nitrogen and oxygen atoms in total. The minimum Gasteiger partial charge on any atom is -0.378 e. The molecule has 2 aliphatic rings. The molecule has 0 bridgehead atoms. The number of amides is 4. The second-order valence-electron chi connectivity index (χ2n) is 8.66. The van der Waals surface area contributed by atoms with Crippen LogP contribution in [0.2, 0.25) is 0 Å². The van der Waals surface area contributed by atoms with Crippen molar-refractivity contribution in [2.45, 2.75) is 12.5 Å². The smallest absolute Gasteiger partial charge is 0.325 e. The van der Waals surface area contributed by atoms with Crippen LogP contribution in [0.5, 0.6) is 0 Å². The lowest BCUT2D eigenvalue weighted by Crippen LogP contribution is -2.41. The third-order valence-electron chi connectivity index (χ3n) is 6.29. The highest BCUT2D eigenvalue weighted by Gasteiger charge is 2.37. The summed E-state index contributed by atoms with van der Waals surface area (Å²) in [7, 11) is 3.94. The van der Waals surface area contributed by atoms with Crippen molar-refractivity contribution in [3.8, 4) is 0 Å². The first kappa shape index (κ1) is 21.6. The Morgan fingerprint density at radius 1 is 1.03 bits per heavy atom. The number of carbonyl (C=O) groups excluding carboxylic acids is 3. The van der Waals surface area contributed by atoms with Gasteiger partial charge in [0, 0.05) is 31.8 Å². The Kier molecular flexibility index (Phi) is 5.49. The zero-order valence-corrected chi connectivity index (χ0v) is 19.1. The van der Waals surface area contributed by atoms with Gasteiger partial charge in [0.05, 0.1) is 18.3 Å². The van der Waals surface area contributed by atoms with Crippen molar-refractivity contribution in [3.63, 3.8) is 0 Å². The topological polar surface area (TPSA) is 85.3 Å². The third kappa shape index (κ3) is 3.87. The lowest BCUT2D eigenvalue weighted by molar-refractivity contribution is -0.137. The Morgan fingerprint density at radius 3 is 2.47 bits per heavy atom. The lowest BCUT2D eigenvalue weighted by atomic mass is 9.95. The van der Waals surface area contributed by atoms with Crippen molar-refractivity contribution in [1.29, 1.82) is 0 Å². The molecule has 0 saturated carbocycles. The molecule has 34 heavy (non-hydrogen) atoms. The number of carbonyl (C=O) groups is 3. The lowest BCUT2D eigenvalue weighted by Gasteiger charge is -2.24. The van der Waals surface area contributed by atoms with Crippen LogP contribution in [0.3, 0.4) is 0 Å². The molecule has 0 aromatic heterocycles. The van der Waals surface area contributed by atoms with E-state index < -0.39 is 17.8 Å². The molecule has 1 N–H and O–H groups in total. The van der Waals surface area contributed by atoms with E-state index in [-0.39, 0.29) is 19.1 Å². The largest absolute Gasteiger partial charge is 0.378 e. The van der Waals surface area contributed by atoms with E-state index in [0.717, 1.165) is 38.2 Å². The third-order valence-corrected chi connectivity index (χ3v) is 6.29. The van der Waals surface area contributed by atoms with Gasteiger partial charge < -0.3 is 10.2 Å². The van der Waals surface area contributed by atoms with Crippen LogP contribution in [0.1, 0.15) is 23.6 Å². The molecule has 4 amide bonds. The first-order valence-electron chi connectivity index (χ1n) is 11.2. The molecule has 5 rings (SSSR count). The minimum atomic E-state index is -0.553. The van der Waals surface area contributed by atoms with Crippen LogP contribution in [-0.2, 0) is 9.59 Å². The van der Waals surface area contributed by atoms with Gasteiger partial charge in [-0.2, -0.15) is 5.10 Å². The Bertz CT molecular complexity index is 1290. The fourth-order valence-corrected chi connectivity index (χ4v) is 4.46. The molecule has 3 aromatic rings. The van der Waals surface area contributed by atoms with Crippen LogP contribution >= 0.6 is 0 Å². The Balaban J connectivity index is 1.52. The van der Waals surface area contributed by atoms with Gasteiger partial charge in [-0.25, -0.2) is 9.80 Å². The number of fused-ring (bicyclic) bond motifs is 1. The molecule has 3 aromatic carbocycles. The molecule has 1 fully saturated rings. The van der Waals surface area contributed by atoms with E-state index in [9.17, 15) is 14.4 Å². The Labute approximate surface area is 197 Å². The molecule has 0 spiro atoms. The average molecular weight is 456 g/mol. The summed E-state index contributed by atoms with van der Waals surface area (Å²) in [5.74, 6) is -0.815. The monoisotopic (exact) mass is 455 g/mol. The molecular formula is C26H25N5O3. The second-order valence-corrected chi connectivity index (χ2v) is 8.66. The zero-order chi connectivity index (χ0) is 23.8. The van der Waals surface area contributed by atoms with E-state index in [2.05, 4.69) is 5.32 Å². The highest BCUT2D eigenvalue weighted by molar-refractivity contribution is 6.12. The maximum Gasteiger partial charge on any atom is 0.325 e. The van der Waals surface area contributed by atoms with Crippen LogP contribution in [0.15, 0.2) is 71.8 Å². The van der Waals surface area contributed by atoms with Crippen LogP contribution in [0.4, 0.5) is 10.5 Å². The number of imide groups is 1. The van der Waals surface area contributed by atoms with Gasteiger partial charge >= 0.3 is 6.03 Å². The Hall–Kier alpha value is -4.20.